The van der Waals surface area contributed by atoms with Crippen molar-refractivity contribution in [1.82, 2.24) is 10.2 Å². The third-order valence-corrected chi connectivity index (χ3v) is 5.44. The van der Waals surface area contributed by atoms with Crippen molar-refractivity contribution in [2.45, 2.75) is 17.9 Å². The van der Waals surface area contributed by atoms with Gasteiger partial charge in [0.15, 0.2) is 5.78 Å². The van der Waals surface area contributed by atoms with E-state index in [0.717, 1.165) is 24.5 Å². The van der Waals surface area contributed by atoms with E-state index in [-0.39, 0.29) is 21.1 Å². The Balaban J connectivity index is 2.21. The second-order valence-electron chi connectivity index (χ2n) is 6.12. The summed E-state index contributed by atoms with van der Waals surface area (Å²) >= 11 is 0.930. The summed E-state index contributed by atoms with van der Waals surface area (Å²) in [4.78, 5) is 25.2. The predicted molar refractivity (Wildman–Crippen MR) is 90.3 cm³/mol. The number of nitrogens with one attached hydrogen (secondary N) is 1. The van der Waals surface area contributed by atoms with E-state index < -0.39 is 35.7 Å². The van der Waals surface area contributed by atoms with Gasteiger partial charge in [-0.25, -0.2) is 4.79 Å². The molecule has 0 bridgehead atoms. The lowest BCUT2D eigenvalue weighted by Gasteiger charge is -2.49. The van der Waals surface area contributed by atoms with Gasteiger partial charge in [0.1, 0.15) is 11.7 Å². The minimum absolute atomic E-state index is 0.0115. The van der Waals surface area contributed by atoms with Gasteiger partial charge in [0, 0.05) is 7.05 Å². The van der Waals surface area contributed by atoms with Crippen LogP contribution in [0.3, 0.4) is 0 Å². The fraction of sp³-hybridized carbons (Fsp3) is 0.294. The first kappa shape index (κ1) is 19.2. The molecule has 1 saturated heterocycles. The molecular formula is C17H15F3N2O4S. The third kappa shape index (κ3) is 3.04. The van der Waals surface area contributed by atoms with Crippen LogP contribution in [0, 0.1) is 5.92 Å². The summed E-state index contributed by atoms with van der Waals surface area (Å²) in [5.41, 5.74) is -3.67. The average Bonchev–Trinajstić information content (AvgIpc) is 3.12. The Labute approximate surface area is 155 Å². The van der Waals surface area contributed by atoms with Crippen molar-refractivity contribution >= 4 is 23.2 Å². The molecule has 2 aromatic rings. The molecule has 6 nitrogen and oxygen atoms in total. The molecule has 0 spiro atoms. The number of aromatic hydroxyl groups is 1. The van der Waals surface area contributed by atoms with Crippen molar-refractivity contribution < 1.29 is 33.0 Å². The van der Waals surface area contributed by atoms with Crippen molar-refractivity contribution in [2.24, 2.45) is 5.92 Å². The first-order valence-electron chi connectivity index (χ1n) is 7.77. The first-order valence-corrected chi connectivity index (χ1v) is 8.65. The molecule has 0 aliphatic carbocycles. The molecule has 3 N–H and O–H groups in total. The highest BCUT2D eigenvalue weighted by Gasteiger charge is 2.69. The van der Waals surface area contributed by atoms with Crippen molar-refractivity contribution in [3.8, 4) is 5.75 Å². The number of halogens is 3. The Bertz CT molecular complexity index is 871. The van der Waals surface area contributed by atoms with E-state index in [1.807, 2.05) is 0 Å². The van der Waals surface area contributed by atoms with Crippen LogP contribution in [0.1, 0.15) is 21.3 Å². The van der Waals surface area contributed by atoms with Gasteiger partial charge in [0.2, 0.25) is 0 Å². The number of aliphatic hydroxyl groups is 1. The molecule has 1 aliphatic rings. The fourth-order valence-corrected chi connectivity index (χ4v) is 3.88. The number of Topliss-reactive ketones (excluding diaryl/α,β-unsaturated/α-hetero) is 1. The van der Waals surface area contributed by atoms with Gasteiger partial charge in [0.25, 0.3) is 5.72 Å². The van der Waals surface area contributed by atoms with Gasteiger partial charge in [-0.1, -0.05) is 18.2 Å². The quantitative estimate of drug-likeness (QED) is 0.691. The lowest BCUT2D eigenvalue weighted by Crippen LogP contribution is -2.72. The van der Waals surface area contributed by atoms with Crippen LogP contribution in [0.5, 0.6) is 5.75 Å². The van der Waals surface area contributed by atoms with Crippen LogP contribution in [0.4, 0.5) is 18.0 Å². The first-order chi connectivity index (χ1) is 12.6. The number of rotatable bonds is 3. The molecule has 27 heavy (non-hydrogen) atoms. The predicted octanol–water partition coefficient (Wildman–Crippen LogP) is 2.90. The minimum atomic E-state index is -5.30. The zero-order valence-corrected chi connectivity index (χ0v) is 14.7. The Hall–Kier alpha value is -2.59. The second kappa shape index (κ2) is 6.54. The standard InChI is InChI=1S/C17H15F3N2O4S/c1-22-15(25)21-13(9-4-2-5-10(23)8-9)12(16(22,26)17(18,19)20)14(24)11-6-3-7-27-11/h2-8,12-13,23,26H,1H3,(H,21,25)/t12-,13-,16-/m1/s1. The highest BCUT2D eigenvalue weighted by Crippen LogP contribution is 2.48. The number of thiophene rings is 1. The third-order valence-electron chi connectivity index (χ3n) is 4.56. The monoisotopic (exact) mass is 400 g/mol. The SMILES string of the molecule is CN1C(=O)N[C@H](c2cccc(O)c2)[C@H](C(=O)c2cccs2)[C@@]1(O)C(F)(F)F. The van der Waals surface area contributed by atoms with Crippen LogP contribution in [0.15, 0.2) is 41.8 Å². The van der Waals surface area contributed by atoms with Gasteiger partial charge in [0.05, 0.1) is 10.9 Å². The lowest BCUT2D eigenvalue weighted by molar-refractivity contribution is -0.322. The van der Waals surface area contributed by atoms with Gasteiger partial charge >= 0.3 is 12.2 Å². The molecule has 2 amide bonds. The molecule has 1 fully saturated rings. The minimum Gasteiger partial charge on any atom is -0.508 e. The van der Waals surface area contributed by atoms with Crippen LogP contribution in [0.2, 0.25) is 0 Å². The highest BCUT2D eigenvalue weighted by atomic mass is 32.1. The van der Waals surface area contributed by atoms with Crippen molar-refractivity contribution in [2.75, 3.05) is 7.05 Å². The summed E-state index contributed by atoms with van der Waals surface area (Å²) in [5, 5.41) is 24.2. The summed E-state index contributed by atoms with van der Waals surface area (Å²) in [6, 6.07) is 5.32. The van der Waals surface area contributed by atoms with Crippen LogP contribution >= 0.6 is 11.3 Å². The number of phenols is 1. The summed E-state index contributed by atoms with van der Waals surface area (Å²) in [6.45, 7) is 0. The van der Waals surface area contributed by atoms with Gasteiger partial charge in [-0.3, -0.25) is 9.69 Å². The largest absolute Gasteiger partial charge is 0.508 e. The van der Waals surface area contributed by atoms with Gasteiger partial charge in [-0.15, -0.1) is 11.3 Å². The molecular weight excluding hydrogens is 385 g/mol. The number of hydrogen-bond donors (Lipinski definition) is 3. The summed E-state index contributed by atoms with van der Waals surface area (Å²) < 4.78 is 41.7. The maximum Gasteiger partial charge on any atom is 0.437 e. The van der Waals surface area contributed by atoms with Crippen LogP contribution < -0.4 is 5.32 Å². The van der Waals surface area contributed by atoms with Crippen molar-refractivity contribution in [3.05, 3.63) is 52.2 Å². The van der Waals surface area contributed by atoms with Crippen LogP contribution in [-0.4, -0.2) is 45.9 Å². The molecule has 1 aromatic heterocycles. The molecule has 3 rings (SSSR count). The number of hydrogen-bond acceptors (Lipinski definition) is 5. The summed E-state index contributed by atoms with van der Waals surface area (Å²) in [7, 11) is 0.774. The van der Waals surface area contributed by atoms with Crippen LogP contribution in [-0.2, 0) is 0 Å². The molecule has 144 valence electrons. The van der Waals surface area contributed by atoms with Gasteiger partial charge in [-0.05, 0) is 29.1 Å². The summed E-state index contributed by atoms with van der Waals surface area (Å²) in [6.07, 6.45) is -5.30. The van der Waals surface area contributed by atoms with E-state index in [2.05, 4.69) is 5.32 Å². The maximum absolute atomic E-state index is 13.9. The molecule has 0 saturated carbocycles. The zero-order chi connectivity index (χ0) is 20.0. The smallest absolute Gasteiger partial charge is 0.437 e. The Morgan fingerprint density at radius 3 is 2.56 bits per heavy atom. The van der Waals surface area contributed by atoms with Gasteiger partial charge < -0.3 is 15.5 Å². The van der Waals surface area contributed by atoms with Crippen LogP contribution in [0.25, 0.3) is 0 Å². The number of amides is 2. The van der Waals surface area contributed by atoms with E-state index in [0.29, 0.717) is 0 Å². The molecule has 1 aliphatic heterocycles. The topological polar surface area (TPSA) is 89.9 Å². The maximum atomic E-state index is 13.9. The summed E-state index contributed by atoms with van der Waals surface area (Å²) in [5.74, 6) is -3.30. The Morgan fingerprint density at radius 1 is 1.30 bits per heavy atom. The Morgan fingerprint density at radius 2 is 2.00 bits per heavy atom. The van der Waals surface area contributed by atoms with E-state index in [4.69, 9.17) is 0 Å². The molecule has 1 aromatic carbocycles. The second-order valence-corrected chi connectivity index (χ2v) is 7.07. The van der Waals surface area contributed by atoms with Crippen molar-refractivity contribution in [3.63, 3.8) is 0 Å². The van der Waals surface area contributed by atoms with E-state index in [9.17, 15) is 33.0 Å². The normalized spacial score (nSPS) is 26.0. The average molecular weight is 400 g/mol. The highest BCUT2D eigenvalue weighted by molar-refractivity contribution is 7.12. The lowest BCUT2D eigenvalue weighted by atomic mass is 9.78. The molecule has 0 unspecified atom stereocenters. The van der Waals surface area contributed by atoms with Crippen molar-refractivity contribution in [1.29, 1.82) is 0 Å². The Kier molecular flexibility index (Phi) is 4.64. The van der Waals surface area contributed by atoms with Gasteiger partial charge in [-0.2, -0.15) is 13.2 Å². The number of phenolic OH excluding ortho intramolecular Hbond substituents is 1. The fourth-order valence-electron chi connectivity index (χ4n) is 3.18. The van der Waals surface area contributed by atoms with E-state index in [1.54, 1.807) is 0 Å². The zero-order valence-electron chi connectivity index (χ0n) is 13.9. The number of ketones is 1. The van der Waals surface area contributed by atoms with E-state index in [1.165, 1.54) is 35.7 Å². The number of nitrogens with zero attached hydrogens (tertiary/aromatic N) is 1. The number of carbonyl (C=O) groups excluding carboxylic acids is 2. The number of alkyl halides is 3. The number of carbonyl (C=O) groups is 2. The number of benzene rings is 1. The van der Waals surface area contributed by atoms with E-state index >= 15 is 0 Å². The number of urea groups is 1. The molecule has 3 atom stereocenters. The molecule has 10 heteroatoms. The molecule has 0 radical (unpaired) electrons. The molecule has 2 heterocycles.